The smallest absolute Gasteiger partial charge is 0.227 e. The molecular formula is C26H39N3O3. The zero-order chi connectivity index (χ0) is 22.5. The van der Waals surface area contributed by atoms with Crippen LogP contribution >= 0.6 is 0 Å². The highest BCUT2D eigenvalue weighted by molar-refractivity contribution is 5.82. The van der Waals surface area contributed by atoms with Crippen molar-refractivity contribution in [3.05, 3.63) is 35.9 Å². The summed E-state index contributed by atoms with van der Waals surface area (Å²) in [5, 5.41) is 0. The lowest BCUT2D eigenvalue weighted by atomic mass is 9.92. The number of hydrogen-bond acceptors (Lipinski definition) is 4. The number of hydrogen-bond donors (Lipinski definition) is 0. The number of morpholine rings is 1. The van der Waals surface area contributed by atoms with Crippen LogP contribution in [0.15, 0.2) is 30.3 Å². The maximum Gasteiger partial charge on any atom is 0.227 e. The van der Waals surface area contributed by atoms with Crippen molar-refractivity contribution in [1.29, 1.82) is 0 Å². The first-order valence-electron chi connectivity index (χ1n) is 12.5. The number of ether oxygens (including phenoxy) is 1. The Labute approximate surface area is 192 Å². The molecule has 3 unspecified atom stereocenters. The Morgan fingerprint density at radius 2 is 1.59 bits per heavy atom. The van der Waals surface area contributed by atoms with Crippen LogP contribution in [-0.4, -0.2) is 84.5 Å². The van der Waals surface area contributed by atoms with Gasteiger partial charge in [-0.25, -0.2) is 0 Å². The van der Waals surface area contributed by atoms with E-state index in [-0.39, 0.29) is 17.7 Å². The zero-order valence-corrected chi connectivity index (χ0v) is 19.7. The fourth-order valence-corrected chi connectivity index (χ4v) is 5.68. The molecule has 0 aromatic heterocycles. The van der Waals surface area contributed by atoms with Gasteiger partial charge in [0.25, 0.3) is 0 Å². The molecule has 3 heterocycles. The first-order valence-corrected chi connectivity index (χ1v) is 12.5. The number of carbonyl (C=O) groups is 2. The Morgan fingerprint density at radius 1 is 0.906 bits per heavy atom. The van der Waals surface area contributed by atoms with Crippen molar-refractivity contribution in [3.8, 4) is 0 Å². The van der Waals surface area contributed by atoms with Gasteiger partial charge < -0.3 is 14.5 Å². The largest absolute Gasteiger partial charge is 0.373 e. The molecule has 0 saturated carbocycles. The summed E-state index contributed by atoms with van der Waals surface area (Å²) in [6, 6.07) is 9.89. The molecule has 176 valence electrons. The van der Waals surface area contributed by atoms with Crippen molar-refractivity contribution in [3.63, 3.8) is 0 Å². The van der Waals surface area contributed by atoms with Crippen LogP contribution in [0.1, 0.15) is 45.1 Å². The molecule has 0 radical (unpaired) electrons. The highest BCUT2D eigenvalue weighted by Gasteiger charge is 2.33. The summed E-state index contributed by atoms with van der Waals surface area (Å²) in [5.74, 6) is 1.02. The van der Waals surface area contributed by atoms with Crippen LogP contribution in [0.3, 0.4) is 0 Å². The van der Waals surface area contributed by atoms with Crippen LogP contribution in [-0.2, 0) is 20.7 Å². The Balaban J connectivity index is 1.23. The van der Waals surface area contributed by atoms with Crippen LogP contribution in [0.25, 0.3) is 0 Å². The molecule has 6 nitrogen and oxygen atoms in total. The van der Waals surface area contributed by atoms with E-state index in [4.69, 9.17) is 4.74 Å². The predicted octanol–water partition coefficient (Wildman–Crippen LogP) is 2.82. The zero-order valence-electron chi connectivity index (χ0n) is 19.7. The van der Waals surface area contributed by atoms with Crippen molar-refractivity contribution >= 4 is 11.8 Å². The predicted molar refractivity (Wildman–Crippen MR) is 125 cm³/mol. The molecule has 3 aliphatic heterocycles. The summed E-state index contributed by atoms with van der Waals surface area (Å²) in [6.45, 7) is 10.5. The maximum atomic E-state index is 13.2. The minimum absolute atomic E-state index is 0.0408. The van der Waals surface area contributed by atoms with Crippen LogP contribution in [0.4, 0.5) is 0 Å². The van der Waals surface area contributed by atoms with Crippen molar-refractivity contribution in [1.82, 2.24) is 14.7 Å². The third kappa shape index (κ3) is 6.10. The van der Waals surface area contributed by atoms with Crippen molar-refractivity contribution < 1.29 is 14.3 Å². The quantitative estimate of drug-likeness (QED) is 0.705. The summed E-state index contributed by atoms with van der Waals surface area (Å²) < 4.78 is 5.86. The Kier molecular flexibility index (Phi) is 7.84. The minimum Gasteiger partial charge on any atom is -0.373 e. The van der Waals surface area contributed by atoms with Gasteiger partial charge in [0.05, 0.1) is 24.5 Å². The van der Waals surface area contributed by atoms with E-state index < -0.39 is 0 Å². The number of piperidine rings is 2. The van der Waals surface area contributed by atoms with Gasteiger partial charge in [-0.05, 0) is 51.0 Å². The molecule has 1 aromatic carbocycles. The van der Waals surface area contributed by atoms with E-state index in [9.17, 15) is 9.59 Å². The van der Waals surface area contributed by atoms with E-state index in [0.29, 0.717) is 31.1 Å². The molecule has 2 amide bonds. The standard InChI is InChI=1S/C26H39N3O3/c1-20-16-27(17-21(2)32-20)18-23-10-13-28(14-11-23)26(31)24-9-6-12-29(19-24)25(30)15-22-7-4-3-5-8-22/h3-5,7-8,20-21,23-24H,6,9-19H2,1-2H3. The monoisotopic (exact) mass is 441 g/mol. The van der Waals surface area contributed by atoms with Crippen molar-refractivity contribution in [2.45, 2.75) is 58.2 Å². The summed E-state index contributed by atoms with van der Waals surface area (Å²) in [6.07, 6.45) is 5.01. The molecule has 3 fully saturated rings. The Morgan fingerprint density at radius 3 is 2.28 bits per heavy atom. The topological polar surface area (TPSA) is 53.1 Å². The number of carbonyl (C=O) groups excluding carboxylic acids is 2. The molecule has 3 saturated heterocycles. The highest BCUT2D eigenvalue weighted by atomic mass is 16.5. The van der Waals surface area contributed by atoms with Crippen molar-refractivity contribution in [2.75, 3.05) is 45.8 Å². The van der Waals surface area contributed by atoms with Crippen LogP contribution in [0.2, 0.25) is 0 Å². The molecule has 0 spiro atoms. The van der Waals surface area contributed by atoms with Gasteiger partial charge in [0.1, 0.15) is 0 Å². The molecule has 4 rings (SSSR count). The normalized spacial score (nSPS) is 28.0. The van der Waals surface area contributed by atoms with Gasteiger partial charge in [0, 0.05) is 45.8 Å². The van der Waals surface area contributed by atoms with Gasteiger partial charge in [0.15, 0.2) is 0 Å². The second kappa shape index (κ2) is 10.8. The molecule has 0 bridgehead atoms. The minimum atomic E-state index is -0.0408. The first-order chi connectivity index (χ1) is 15.5. The SMILES string of the molecule is CC1CN(CC2CCN(C(=O)C3CCCN(C(=O)Cc4ccccc4)C3)CC2)CC(C)O1. The number of amides is 2. The maximum absolute atomic E-state index is 13.2. The number of nitrogens with zero attached hydrogens (tertiary/aromatic N) is 3. The van der Waals surface area contributed by atoms with Gasteiger partial charge in [-0.1, -0.05) is 30.3 Å². The van der Waals surface area contributed by atoms with E-state index in [0.717, 1.165) is 70.5 Å². The van der Waals surface area contributed by atoms with Crippen LogP contribution in [0, 0.1) is 11.8 Å². The van der Waals surface area contributed by atoms with Gasteiger partial charge >= 0.3 is 0 Å². The average Bonchev–Trinajstić information content (AvgIpc) is 2.79. The molecular weight excluding hydrogens is 402 g/mol. The summed E-state index contributed by atoms with van der Waals surface area (Å²) >= 11 is 0. The molecule has 0 aliphatic carbocycles. The third-order valence-electron chi connectivity index (χ3n) is 7.26. The fourth-order valence-electron chi connectivity index (χ4n) is 5.68. The van der Waals surface area contributed by atoms with E-state index in [1.54, 1.807) is 0 Å². The number of benzene rings is 1. The molecule has 3 atom stereocenters. The number of likely N-dealkylation sites (tertiary alicyclic amines) is 2. The highest BCUT2D eigenvalue weighted by Crippen LogP contribution is 2.25. The lowest BCUT2D eigenvalue weighted by Gasteiger charge is -2.41. The van der Waals surface area contributed by atoms with E-state index in [2.05, 4.69) is 23.6 Å². The molecule has 0 N–H and O–H groups in total. The fraction of sp³-hybridized carbons (Fsp3) is 0.692. The van der Waals surface area contributed by atoms with E-state index in [1.807, 2.05) is 35.2 Å². The summed E-state index contributed by atoms with van der Waals surface area (Å²) in [5.41, 5.74) is 1.04. The lowest BCUT2D eigenvalue weighted by molar-refractivity contribution is -0.141. The Bertz CT molecular complexity index is 753. The van der Waals surface area contributed by atoms with Crippen molar-refractivity contribution in [2.24, 2.45) is 11.8 Å². The van der Waals surface area contributed by atoms with Gasteiger partial charge in [-0.2, -0.15) is 0 Å². The molecule has 3 aliphatic rings. The molecule has 6 heteroatoms. The number of rotatable bonds is 5. The van der Waals surface area contributed by atoms with Crippen LogP contribution in [0.5, 0.6) is 0 Å². The average molecular weight is 442 g/mol. The summed E-state index contributed by atoms with van der Waals surface area (Å²) in [7, 11) is 0. The Hall–Kier alpha value is -1.92. The molecule has 1 aromatic rings. The second-order valence-electron chi connectivity index (χ2n) is 10.1. The van der Waals surface area contributed by atoms with Gasteiger partial charge in [-0.3, -0.25) is 14.5 Å². The summed E-state index contributed by atoms with van der Waals surface area (Å²) in [4.78, 5) is 32.5. The van der Waals surface area contributed by atoms with Gasteiger partial charge in [-0.15, -0.1) is 0 Å². The molecule has 32 heavy (non-hydrogen) atoms. The third-order valence-corrected chi connectivity index (χ3v) is 7.26. The lowest BCUT2D eigenvalue weighted by Crippen LogP contribution is -2.51. The van der Waals surface area contributed by atoms with E-state index in [1.165, 1.54) is 0 Å². The second-order valence-corrected chi connectivity index (χ2v) is 10.1. The van der Waals surface area contributed by atoms with Crippen LogP contribution < -0.4 is 0 Å². The first kappa shape index (κ1) is 23.2. The van der Waals surface area contributed by atoms with E-state index >= 15 is 0 Å². The van der Waals surface area contributed by atoms with Gasteiger partial charge in [0.2, 0.25) is 11.8 Å².